The van der Waals surface area contributed by atoms with Gasteiger partial charge in [0.25, 0.3) is 0 Å². The summed E-state index contributed by atoms with van der Waals surface area (Å²) >= 11 is 0. The van der Waals surface area contributed by atoms with E-state index in [1.54, 1.807) is 0 Å². The van der Waals surface area contributed by atoms with Gasteiger partial charge in [-0.15, -0.1) is 0 Å². The van der Waals surface area contributed by atoms with Gasteiger partial charge in [-0.25, -0.2) is 0 Å². The number of nitrogens with zero attached hydrogens (tertiary/aromatic N) is 1. The second-order valence-electron chi connectivity index (χ2n) is 6.19. The highest BCUT2D eigenvalue weighted by Gasteiger charge is 2.36. The molecule has 106 valence electrons. The van der Waals surface area contributed by atoms with Crippen LogP contribution in [0.1, 0.15) is 46.0 Å². The maximum Gasteiger partial charge on any atom is 0.0619 e. The Morgan fingerprint density at radius 1 is 1.33 bits per heavy atom. The molecule has 1 aliphatic carbocycles. The second-order valence-corrected chi connectivity index (χ2v) is 6.19. The molecule has 2 fully saturated rings. The van der Waals surface area contributed by atoms with E-state index in [0.717, 1.165) is 32.2 Å². The summed E-state index contributed by atoms with van der Waals surface area (Å²) in [5.74, 6) is 1.64. The highest BCUT2D eigenvalue weighted by molar-refractivity contribution is 4.90. The molecule has 0 aromatic rings. The van der Waals surface area contributed by atoms with Crippen molar-refractivity contribution >= 4 is 0 Å². The average Bonchev–Trinajstić information content (AvgIpc) is 2.40. The Balaban J connectivity index is 2.00. The van der Waals surface area contributed by atoms with E-state index in [4.69, 9.17) is 10.5 Å². The largest absolute Gasteiger partial charge is 0.379 e. The molecule has 0 spiro atoms. The van der Waals surface area contributed by atoms with Crippen molar-refractivity contribution in [2.75, 3.05) is 26.3 Å². The molecule has 4 atom stereocenters. The van der Waals surface area contributed by atoms with Crippen LogP contribution in [0.4, 0.5) is 0 Å². The van der Waals surface area contributed by atoms with Gasteiger partial charge in [-0.1, -0.05) is 26.2 Å². The van der Waals surface area contributed by atoms with Gasteiger partial charge in [0, 0.05) is 18.6 Å². The Morgan fingerprint density at radius 2 is 2.17 bits per heavy atom. The van der Waals surface area contributed by atoms with Crippen LogP contribution in [0.5, 0.6) is 0 Å². The van der Waals surface area contributed by atoms with E-state index in [2.05, 4.69) is 18.7 Å². The van der Waals surface area contributed by atoms with Crippen LogP contribution in [-0.2, 0) is 4.74 Å². The summed E-state index contributed by atoms with van der Waals surface area (Å²) in [4.78, 5) is 2.68. The standard InChI is InChI=1S/C15H30N2O/c1-3-4-13-5-6-14(10-16)15(9-13)17-7-8-18-11-12(17)2/h12-15H,3-11,16H2,1-2H3. The normalized spacial score (nSPS) is 38.8. The first-order valence-electron chi connectivity index (χ1n) is 7.79. The van der Waals surface area contributed by atoms with Crippen LogP contribution in [-0.4, -0.2) is 43.3 Å². The number of nitrogens with two attached hydrogens (primary N) is 1. The number of ether oxygens (including phenoxy) is 1. The van der Waals surface area contributed by atoms with Crippen LogP contribution in [0.25, 0.3) is 0 Å². The van der Waals surface area contributed by atoms with Crippen LogP contribution >= 0.6 is 0 Å². The molecular formula is C15H30N2O. The third kappa shape index (κ3) is 3.25. The number of hydrogen-bond donors (Lipinski definition) is 1. The zero-order valence-corrected chi connectivity index (χ0v) is 12.1. The van der Waals surface area contributed by atoms with Crippen LogP contribution < -0.4 is 5.73 Å². The molecule has 0 bridgehead atoms. The van der Waals surface area contributed by atoms with E-state index < -0.39 is 0 Å². The molecule has 3 heteroatoms. The lowest BCUT2D eigenvalue weighted by molar-refractivity contribution is -0.0485. The number of hydrogen-bond acceptors (Lipinski definition) is 3. The SMILES string of the molecule is CCCC1CCC(CN)C(N2CCOCC2C)C1. The second kappa shape index (κ2) is 6.88. The Morgan fingerprint density at radius 3 is 2.83 bits per heavy atom. The Hall–Kier alpha value is -0.120. The Bertz CT molecular complexity index is 247. The van der Waals surface area contributed by atoms with Crippen molar-refractivity contribution in [2.45, 2.75) is 58.0 Å². The first kappa shape index (κ1) is 14.3. The van der Waals surface area contributed by atoms with Gasteiger partial charge < -0.3 is 10.5 Å². The predicted molar refractivity (Wildman–Crippen MR) is 75.6 cm³/mol. The minimum absolute atomic E-state index is 0.568. The molecule has 2 N–H and O–H groups in total. The number of morpholine rings is 1. The third-order valence-electron chi connectivity index (χ3n) is 4.91. The van der Waals surface area contributed by atoms with Crippen molar-refractivity contribution in [3.05, 3.63) is 0 Å². The maximum atomic E-state index is 6.01. The summed E-state index contributed by atoms with van der Waals surface area (Å²) in [5.41, 5.74) is 6.01. The van der Waals surface area contributed by atoms with Crippen LogP contribution in [0.3, 0.4) is 0 Å². The third-order valence-corrected chi connectivity index (χ3v) is 4.91. The Labute approximate surface area is 112 Å². The van der Waals surface area contributed by atoms with E-state index in [-0.39, 0.29) is 0 Å². The maximum absolute atomic E-state index is 6.01. The summed E-state index contributed by atoms with van der Waals surface area (Å²) < 4.78 is 5.57. The van der Waals surface area contributed by atoms with Crippen molar-refractivity contribution in [1.82, 2.24) is 4.90 Å². The van der Waals surface area contributed by atoms with E-state index >= 15 is 0 Å². The van der Waals surface area contributed by atoms with Gasteiger partial charge in [0.15, 0.2) is 0 Å². The quantitative estimate of drug-likeness (QED) is 0.836. The van der Waals surface area contributed by atoms with Crippen molar-refractivity contribution in [3.63, 3.8) is 0 Å². The monoisotopic (exact) mass is 254 g/mol. The minimum Gasteiger partial charge on any atom is -0.379 e. The molecule has 2 aliphatic rings. The van der Waals surface area contributed by atoms with Gasteiger partial charge in [-0.2, -0.15) is 0 Å². The molecule has 1 heterocycles. The smallest absolute Gasteiger partial charge is 0.0619 e. The van der Waals surface area contributed by atoms with Gasteiger partial charge in [-0.3, -0.25) is 4.90 Å². The highest BCUT2D eigenvalue weighted by Crippen LogP contribution is 2.35. The summed E-state index contributed by atoms with van der Waals surface area (Å²) in [6.07, 6.45) is 6.80. The highest BCUT2D eigenvalue weighted by atomic mass is 16.5. The number of rotatable bonds is 4. The topological polar surface area (TPSA) is 38.5 Å². The fourth-order valence-electron chi connectivity index (χ4n) is 3.88. The lowest BCUT2D eigenvalue weighted by Crippen LogP contribution is -2.54. The van der Waals surface area contributed by atoms with Gasteiger partial charge in [0.05, 0.1) is 13.2 Å². The summed E-state index contributed by atoms with van der Waals surface area (Å²) in [5, 5.41) is 0. The van der Waals surface area contributed by atoms with Crippen molar-refractivity contribution in [3.8, 4) is 0 Å². The van der Waals surface area contributed by atoms with Crippen LogP contribution in [0, 0.1) is 11.8 Å². The molecule has 0 aromatic carbocycles. The zero-order chi connectivity index (χ0) is 13.0. The molecule has 0 amide bonds. The van der Waals surface area contributed by atoms with Gasteiger partial charge in [0.2, 0.25) is 0 Å². The molecule has 1 aliphatic heterocycles. The van der Waals surface area contributed by atoms with Crippen LogP contribution in [0.15, 0.2) is 0 Å². The van der Waals surface area contributed by atoms with E-state index in [0.29, 0.717) is 18.0 Å². The van der Waals surface area contributed by atoms with E-state index in [1.807, 2.05) is 0 Å². The summed E-state index contributed by atoms with van der Waals surface area (Å²) in [7, 11) is 0. The van der Waals surface area contributed by atoms with E-state index in [1.165, 1.54) is 32.1 Å². The molecule has 3 nitrogen and oxygen atoms in total. The molecule has 4 unspecified atom stereocenters. The van der Waals surface area contributed by atoms with Gasteiger partial charge in [-0.05, 0) is 38.1 Å². The van der Waals surface area contributed by atoms with Crippen molar-refractivity contribution in [1.29, 1.82) is 0 Å². The molecule has 1 saturated heterocycles. The molecule has 0 aromatic heterocycles. The lowest BCUT2D eigenvalue weighted by Gasteiger charge is -2.46. The molecule has 1 saturated carbocycles. The zero-order valence-electron chi connectivity index (χ0n) is 12.1. The average molecular weight is 254 g/mol. The van der Waals surface area contributed by atoms with Crippen molar-refractivity contribution < 1.29 is 4.74 Å². The van der Waals surface area contributed by atoms with Crippen LogP contribution in [0.2, 0.25) is 0 Å². The summed E-state index contributed by atoms with van der Waals surface area (Å²) in [6, 6.07) is 1.28. The lowest BCUT2D eigenvalue weighted by atomic mass is 9.75. The molecule has 0 radical (unpaired) electrons. The fraction of sp³-hybridized carbons (Fsp3) is 1.00. The molecule has 2 rings (SSSR count). The van der Waals surface area contributed by atoms with Gasteiger partial charge in [0.1, 0.15) is 0 Å². The molecule has 18 heavy (non-hydrogen) atoms. The minimum atomic E-state index is 0.568. The first-order valence-corrected chi connectivity index (χ1v) is 7.79. The fourth-order valence-corrected chi connectivity index (χ4v) is 3.88. The van der Waals surface area contributed by atoms with E-state index in [9.17, 15) is 0 Å². The Kier molecular flexibility index (Phi) is 5.46. The van der Waals surface area contributed by atoms with Gasteiger partial charge >= 0.3 is 0 Å². The van der Waals surface area contributed by atoms with Crippen molar-refractivity contribution in [2.24, 2.45) is 17.6 Å². The summed E-state index contributed by atoms with van der Waals surface area (Å²) in [6.45, 7) is 8.36. The first-order chi connectivity index (χ1) is 8.76. The predicted octanol–water partition coefficient (Wildman–Crippen LogP) is 2.25. The molecular weight excluding hydrogens is 224 g/mol.